The molecule has 1 unspecified atom stereocenters. The molecule has 1 rings (SSSR count). The van der Waals surface area contributed by atoms with Crippen molar-refractivity contribution in [2.75, 3.05) is 7.05 Å². The summed E-state index contributed by atoms with van der Waals surface area (Å²) in [4.78, 5) is 0. The molecule has 0 saturated heterocycles. The molecule has 0 aliphatic heterocycles. The zero-order valence-electron chi connectivity index (χ0n) is 13.4. The van der Waals surface area contributed by atoms with Gasteiger partial charge in [-0.3, -0.25) is 0 Å². The first-order valence-corrected chi connectivity index (χ1v) is 8.66. The third-order valence-corrected chi connectivity index (χ3v) is 4.27. The van der Waals surface area contributed by atoms with E-state index in [0.717, 1.165) is 6.42 Å². The molecule has 0 bridgehead atoms. The molecule has 0 amide bonds. The standard InChI is InChI=1S/C18H29ClFN/c1-3-4-5-6-7-8-9-10-17(21-2)14-15-13-16(19)11-12-18(15)20/h11-13,17,21H,3-10,14H2,1-2H3. The Morgan fingerprint density at radius 1 is 1.10 bits per heavy atom. The Morgan fingerprint density at radius 3 is 2.43 bits per heavy atom. The Morgan fingerprint density at radius 2 is 1.76 bits per heavy atom. The molecule has 0 saturated carbocycles. The van der Waals surface area contributed by atoms with E-state index < -0.39 is 0 Å². The summed E-state index contributed by atoms with van der Waals surface area (Å²) in [6.45, 7) is 2.24. The summed E-state index contributed by atoms with van der Waals surface area (Å²) in [6.07, 6.45) is 11.0. The van der Waals surface area contributed by atoms with Gasteiger partial charge in [0.25, 0.3) is 0 Å². The van der Waals surface area contributed by atoms with Gasteiger partial charge in [-0.15, -0.1) is 0 Å². The molecule has 0 aromatic heterocycles. The van der Waals surface area contributed by atoms with Crippen LogP contribution in [0.4, 0.5) is 4.39 Å². The van der Waals surface area contributed by atoms with E-state index in [1.807, 2.05) is 7.05 Å². The molecule has 1 aromatic rings. The molecule has 21 heavy (non-hydrogen) atoms. The van der Waals surface area contributed by atoms with Crippen LogP contribution < -0.4 is 5.32 Å². The highest BCUT2D eigenvalue weighted by atomic mass is 35.5. The van der Waals surface area contributed by atoms with Gasteiger partial charge in [0.1, 0.15) is 5.82 Å². The SMILES string of the molecule is CCCCCCCCCC(Cc1cc(Cl)ccc1F)NC. The highest BCUT2D eigenvalue weighted by Gasteiger charge is 2.11. The molecule has 0 aliphatic carbocycles. The van der Waals surface area contributed by atoms with Gasteiger partial charge < -0.3 is 5.32 Å². The minimum Gasteiger partial charge on any atom is -0.317 e. The fourth-order valence-corrected chi connectivity index (χ4v) is 2.86. The van der Waals surface area contributed by atoms with Crippen LogP contribution in [0, 0.1) is 5.82 Å². The second kappa shape index (κ2) is 11.0. The van der Waals surface area contributed by atoms with E-state index in [9.17, 15) is 4.39 Å². The molecular weight excluding hydrogens is 285 g/mol. The molecule has 0 radical (unpaired) electrons. The minimum atomic E-state index is -0.154. The van der Waals surface area contributed by atoms with Gasteiger partial charge in [-0.2, -0.15) is 0 Å². The number of unbranched alkanes of at least 4 members (excludes halogenated alkanes) is 6. The molecule has 0 heterocycles. The van der Waals surface area contributed by atoms with Gasteiger partial charge in [-0.05, 0) is 43.7 Å². The van der Waals surface area contributed by atoms with Crippen molar-refractivity contribution in [3.63, 3.8) is 0 Å². The van der Waals surface area contributed by atoms with Crippen LogP contribution in [0.5, 0.6) is 0 Å². The molecular formula is C18H29ClFN. The summed E-state index contributed by atoms with van der Waals surface area (Å²) >= 11 is 5.94. The first kappa shape index (κ1) is 18.4. The van der Waals surface area contributed by atoms with E-state index in [2.05, 4.69) is 12.2 Å². The second-order valence-electron chi connectivity index (χ2n) is 5.84. The molecule has 1 atom stereocenters. The van der Waals surface area contributed by atoms with Gasteiger partial charge >= 0.3 is 0 Å². The summed E-state index contributed by atoms with van der Waals surface area (Å²) in [7, 11) is 1.95. The highest BCUT2D eigenvalue weighted by Crippen LogP contribution is 2.18. The summed E-state index contributed by atoms with van der Waals surface area (Å²) in [5, 5.41) is 3.91. The van der Waals surface area contributed by atoms with Crippen LogP contribution >= 0.6 is 11.6 Å². The van der Waals surface area contributed by atoms with Crippen molar-refractivity contribution in [1.82, 2.24) is 5.32 Å². The predicted molar refractivity (Wildman–Crippen MR) is 90.6 cm³/mol. The number of hydrogen-bond acceptors (Lipinski definition) is 1. The summed E-state index contributed by atoms with van der Waals surface area (Å²) in [6, 6.07) is 5.13. The maximum absolute atomic E-state index is 13.7. The third-order valence-electron chi connectivity index (χ3n) is 4.04. The van der Waals surface area contributed by atoms with Crippen LogP contribution in [-0.4, -0.2) is 13.1 Å². The van der Waals surface area contributed by atoms with Crippen LogP contribution in [0.25, 0.3) is 0 Å². The van der Waals surface area contributed by atoms with Crippen LogP contribution in [0.3, 0.4) is 0 Å². The van der Waals surface area contributed by atoms with Gasteiger partial charge in [-0.25, -0.2) is 4.39 Å². The average Bonchev–Trinajstić information content (AvgIpc) is 2.48. The maximum Gasteiger partial charge on any atom is 0.126 e. The van der Waals surface area contributed by atoms with Gasteiger partial charge in [0.05, 0.1) is 0 Å². The Balaban J connectivity index is 2.27. The fraction of sp³-hybridized carbons (Fsp3) is 0.667. The quantitative estimate of drug-likeness (QED) is 0.513. The molecule has 1 aromatic carbocycles. The molecule has 120 valence electrons. The molecule has 1 N–H and O–H groups in total. The van der Waals surface area contributed by atoms with Crippen molar-refractivity contribution in [2.24, 2.45) is 0 Å². The Labute approximate surface area is 134 Å². The normalized spacial score (nSPS) is 12.6. The van der Waals surface area contributed by atoms with Crippen LogP contribution in [0.1, 0.15) is 63.9 Å². The molecule has 3 heteroatoms. The van der Waals surface area contributed by atoms with Crippen molar-refractivity contribution in [3.05, 3.63) is 34.6 Å². The van der Waals surface area contributed by atoms with Crippen LogP contribution in [0.15, 0.2) is 18.2 Å². The van der Waals surface area contributed by atoms with E-state index >= 15 is 0 Å². The lowest BCUT2D eigenvalue weighted by molar-refractivity contribution is 0.470. The van der Waals surface area contributed by atoms with Gasteiger partial charge in [-0.1, -0.05) is 63.5 Å². The number of benzene rings is 1. The zero-order valence-corrected chi connectivity index (χ0v) is 14.2. The summed E-state index contributed by atoms with van der Waals surface area (Å²) in [5.74, 6) is -0.154. The number of rotatable bonds is 11. The van der Waals surface area contributed by atoms with Crippen molar-refractivity contribution in [3.8, 4) is 0 Å². The summed E-state index contributed by atoms with van der Waals surface area (Å²) < 4.78 is 13.7. The Bertz CT molecular complexity index is 395. The lowest BCUT2D eigenvalue weighted by Crippen LogP contribution is -2.27. The number of nitrogens with one attached hydrogen (secondary N) is 1. The topological polar surface area (TPSA) is 12.0 Å². The Kier molecular flexibility index (Phi) is 9.69. The third kappa shape index (κ3) is 7.82. The van der Waals surface area contributed by atoms with E-state index in [4.69, 9.17) is 11.6 Å². The van der Waals surface area contributed by atoms with Crippen LogP contribution in [-0.2, 0) is 6.42 Å². The lowest BCUT2D eigenvalue weighted by Gasteiger charge is -2.16. The number of likely N-dealkylation sites (N-methyl/N-ethyl adjacent to an activating group) is 1. The second-order valence-corrected chi connectivity index (χ2v) is 6.27. The summed E-state index contributed by atoms with van der Waals surface area (Å²) in [5.41, 5.74) is 0.713. The predicted octanol–water partition coefficient (Wildman–Crippen LogP) is 5.75. The van der Waals surface area contributed by atoms with Gasteiger partial charge in [0.15, 0.2) is 0 Å². The molecule has 0 spiro atoms. The first-order valence-electron chi connectivity index (χ1n) is 8.28. The largest absolute Gasteiger partial charge is 0.317 e. The maximum atomic E-state index is 13.7. The van der Waals surface area contributed by atoms with Crippen molar-refractivity contribution < 1.29 is 4.39 Å². The van der Waals surface area contributed by atoms with E-state index in [0.29, 0.717) is 23.0 Å². The van der Waals surface area contributed by atoms with Crippen LogP contribution in [0.2, 0.25) is 5.02 Å². The zero-order chi connectivity index (χ0) is 15.5. The first-order chi connectivity index (χ1) is 10.2. The smallest absolute Gasteiger partial charge is 0.126 e. The fourth-order valence-electron chi connectivity index (χ4n) is 2.66. The average molecular weight is 314 g/mol. The van der Waals surface area contributed by atoms with Crippen molar-refractivity contribution in [1.29, 1.82) is 0 Å². The van der Waals surface area contributed by atoms with Crippen molar-refractivity contribution >= 4 is 11.6 Å². The number of hydrogen-bond donors (Lipinski definition) is 1. The van der Waals surface area contributed by atoms with E-state index in [1.54, 1.807) is 12.1 Å². The van der Waals surface area contributed by atoms with Gasteiger partial charge in [0.2, 0.25) is 0 Å². The minimum absolute atomic E-state index is 0.154. The highest BCUT2D eigenvalue weighted by molar-refractivity contribution is 6.30. The van der Waals surface area contributed by atoms with Gasteiger partial charge in [0, 0.05) is 11.1 Å². The van der Waals surface area contributed by atoms with E-state index in [-0.39, 0.29) is 5.82 Å². The lowest BCUT2D eigenvalue weighted by atomic mass is 9.99. The number of halogens is 2. The molecule has 0 fully saturated rings. The Hall–Kier alpha value is -0.600. The molecule has 0 aliphatic rings. The van der Waals surface area contributed by atoms with E-state index in [1.165, 1.54) is 51.0 Å². The molecule has 1 nitrogen and oxygen atoms in total. The monoisotopic (exact) mass is 313 g/mol. The van der Waals surface area contributed by atoms with Crippen molar-refractivity contribution in [2.45, 2.75) is 70.8 Å².